The molecule has 13 heavy (non-hydrogen) atoms. The Balaban J connectivity index is 3.01. The lowest BCUT2D eigenvalue weighted by atomic mass is 10.2. The van der Waals surface area contributed by atoms with Crippen LogP contribution in [0.5, 0.6) is 0 Å². The Morgan fingerprint density at radius 1 is 1.46 bits per heavy atom. The van der Waals surface area contributed by atoms with Crippen molar-refractivity contribution in [3.05, 3.63) is 5.82 Å². The number of rotatable bonds is 3. The van der Waals surface area contributed by atoms with Gasteiger partial charge in [-0.05, 0) is 6.26 Å². The first-order valence-corrected chi connectivity index (χ1v) is 5.54. The number of nitrogens with zero attached hydrogens (tertiary/aromatic N) is 3. The van der Waals surface area contributed by atoms with Crippen molar-refractivity contribution in [2.75, 3.05) is 17.9 Å². The highest BCUT2D eigenvalue weighted by atomic mass is 35.5. The topological polar surface area (TPSA) is 64.7 Å². The SMILES string of the molecule is CSc1nc(N)nc(C(C)CCl)n1. The van der Waals surface area contributed by atoms with Gasteiger partial charge in [0, 0.05) is 11.8 Å². The Kier molecular flexibility index (Phi) is 3.74. The maximum atomic E-state index is 5.69. The second kappa shape index (κ2) is 4.62. The number of anilines is 1. The standard InChI is InChI=1S/C7H11ClN4S/c1-4(3-8)5-10-6(9)12-7(11-5)13-2/h4H,3H2,1-2H3,(H2,9,10,11,12). The van der Waals surface area contributed by atoms with E-state index in [-0.39, 0.29) is 11.9 Å². The number of aromatic nitrogens is 3. The molecule has 0 saturated heterocycles. The van der Waals surface area contributed by atoms with Crippen LogP contribution in [0.1, 0.15) is 18.7 Å². The third-order valence-corrected chi connectivity index (χ3v) is 2.51. The van der Waals surface area contributed by atoms with Gasteiger partial charge < -0.3 is 5.73 Å². The molecule has 1 rings (SSSR count). The Bertz CT molecular complexity index is 294. The number of thioether (sulfide) groups is 1. The highest BCUT2D eigenvalue weighted by Crippen LogP contribution is 2.16. The van der Waals surface area contributed by atoms with Crippen molar-refractivity contribution < 1.29 is 0 Å². The van der Waals surface area contributed by atoms with Crippen LogP contribution in [-0.2, 0) is 0 Å². The highest BCUT2D eigenvalue weighted by Gasteiger charge is 2.10. The summed E-state index contributed by atoms with van der Waals surface area (Å²) in [6.45, 7) is 1.95. The van der Waals surface area contributed by atoms with Crippen molar-refractivity contribution in [2.45, 2.75) is 18.0 Å². The average Bonchev–Trinajstić information content (AvgIpc) is 2.15. The number of halogens is 1. The maximum absolute atomic E-state index is 5.69. The van der Waals surface area contributed by atoms with Gasteiger partial charge in [-0.3, -0.25) is 0 Å². The summed E-state index contributed by atoms with van der Waals surface area (Å²) in [5.74, 6) is 1.51. The van der Waals surface area contributed by atoms with E-state index in [1.54, 1.807) is 0 Å². The Hall–Kier alpha value is -0.550. The first-order chi connectivity index (χ1) is 6.17. The minimum Gasteiger partial charge on any atom is -0.368 e. The smallest absolute Gasteiger partial charge is 0.224 e. The van der Waals surface area contributed by atoms with Crippen molar-refractivity contribution >= 4 is 29.3 Å². The van der Waals surface area contributed by atoms with Crippen LogP contribution in [0.15, 0.2) is 5.16 Å². The van der Waals surface area contributed by atoms with Gasteiger partial charge in [0.1, 0.15) is 5.82 Å². The molecule has 0 saturated carbocycles. The van der Waals surface area contributed by atoms with Gasteiger partial charge >= 0.3 is 0 Å². The van der Waals surface area contributed by atoms with E-state index < -0.39 is 0 Å². The maximum Gasteiger partial charge on any atom is 0.224 e. The monoisotopic (exact) mass is 218 g/mol. The van der Waals surface area contributed by atoms with Crippen molar-refractivity contribution in [1.29, 1.82) is 0 Å². The molecule has 1 atom stereocenters. The van der Waals surface area contributed by atoms with Crippen molar-refractivity contribution in [3.8, 4) is 0 Å². The lowest BCUT2D eigenvalue weighted by Gasteiger charge is -2.06. The number of hydrogen-bond donors (Lipinski definition) is 1. The van der Waals surface area contributed by atoms with Crippen molar-refractivity contribution in [1.82, 2.24) is 15.0 Å². The molecule has 0 spiro atoms. The third kappa shape index (κ3) is 2.70. The first-order valence-electron chi connectivity index (χ1n) is 3.78. The van der Waals surface area contributed by atoms with Crippen LogP contribution in [0, 0.1) is 0 Å². The lowest BCUT2D eigenvalue weighted by Crippen LogP contribution is -2.08. The number of hydrogen-bond acceptors (Lipinski definition) is 5. The summed E-state index contributed by atoms with van der Waals surface area (Å²) in [4.78, 5) is 12.2. The predicted molar refractivity (Wildman–Crippen MR) is 55.2 cm³/mol. The molecule has 0 amide bonds. The van der Waals surface area contributed by atoms with Crippen LogP contribution in [-0.4, -0.2) is 27.1 Å². The molecule has 6 heteroatoms. The fourth-order valence-electron chi connectivity index (χ4n) is 0.769. The zero-order valence-corrected chi connectivity index (χ0v) is 9.06. The largest absolute Gasteiger partial charge is 0.368 e. The van der Waals surface area contributed by atoms with E-state index in [2.05, 4.69) is 15.0 Å². The van der Waals surface area contributed by atoms with Gasteiger partial charge in [0.05, 0.1) is 0 Å². The van der Waals surface area contributed by atoms with Gasteiger partial charge in [-0.15, -0.1) is 11.6 Å². The molecule has 0 fully saturated rings. The summed E-state index contributed by atoms with van der Waals surface area (Å²) >= 11 is 7.13. The molecule has 0 bridgehead atoms. The highest BCUT2D eigenvalue weighted by molar-refractivity contribution is 7.98. The molecule has 1 aromatic heterocycles. The molecular formula is C7H11ClN4S. The van der Waals surface area contributed by atoms with Gasteiger partial charge in [0.15, 0.2) is 5.16 Å². The molecule has 1 unspecified atom stereocenters. The Labute approximate surface area is 86.3 Å². The molecule has 2 N–H and O–H groups in total. The zero-order valence-electron chi connectivity index (χ0n) is 7.49. The second-order valence-corrected chi connectivity index (χ2v) is 3.68. The summed E-state index contributed by atoms with van der Waals surface area (Å²) < 4.78 is 0. The van der Waals surface area contributed by atoms with Gasteiger partial charge in [-0.1, -0.05) is 18.7 Å². The van der Waals surface area contributed by atoms with E-state index >= 15 is 0 Å². The third-order valence-electron chi connectivity index (χ3n) is 1.50. The van der Waals surface area contributed by atoms with Crippen molar-refractivity contribution in [3.63, 3.8) is 0 Å². The fraction of sp³-hybridized carbons (Fsp3) is 0.571. The fourth-order valence-corrected chi connectivity index (χ4v) is 1.28. The van der Waals surface area contributed by atoms with Crippen molar-refractivity contribution in [2.24, 2.45) is 0 Å². The van der Waals surface area contributed by atoms with Gasteiger partial charge in [0.25, 0.3) is 0 Å². The summed E-state index contributed by atoms with van der Waals surface area (Å²) in [6, 6.07) is 0. The normalized spacial score (nSPS) is 12.8. The summed E-state index contributed by atoms with van der Waals surface area (Å²) in [6.07, 6.45) is 1.89. The van der Waals surface area contributed by atoms with Gasteiger partial charge in [-0.2, -0.15) is 9.97 Å². The molecule has 4 nitrogen and oxygen atoms in total. The van der Waals surface area contributed by atoms with Crippen LogP contribution < -0.4 is 5.73 Å². The molecule has 72 valence electrons. The minimum atomic E-state index is 0.109. The molecule has 0 aliphatic rings. The van der Waals surface area contributed by atoms with E-state index in [4.69, 9.17) is 17.3 Å². The summed E-state index contributed by atoms with van der Waals surface area (Å²) in [7, 11) is 0. The van der Waals surface area contributed by atoms with E-state index in [1.165, 1.54) is 11.8 Å². The first kappa shape index (κ1) is 10.5. The summed E-state index contributed by atoms with van der Waals surface area (Å²) in [5.41, 5.74) is 5.51. The summed E-state index contributed by atoms with van der Waals surface area (Å²) in [5, 5.41) is 0.638. The zero-order chi connectivity index (χ0) is 9.84. The number of alkyl halides is 1. The predicted octanol–water partition coefficient (Wildman–Crippen LogP) is 1.52. The molecular weight excluding hydrogens is 208 g/mol. The second-order valence-electron chi connectivity index (χ2n) is 2.59. The molecule has 0 aliphatic carbocycles. The number of nitrogen functional groups attached to an aromatic ring is 1. The Morgan fingerprint density at radius 2 is 2.15 bits per heavy atom. The van der Waals surface area contributed by atoms with E-state index in [9.17, 15) is 0 Å². The minimum absolute atomic E-state index is 0.109. The molecule has 0 radical (unpaired) electrons. The van der Waals surface area contributed by atoms with E-state index in [0.717, 1.165) is 0 Å². The van der Waals surface area contributed by atoms with Gasteiger partial charge in [0.2, 0.25) is 5.95 Å². The average molecular weight is 219 g/mol. The molecule has 0 aromatic carbocycles. The van der Waals surface area contributed by atoms with Crippen LogP contribution in [0.3, 0.4) is 0 Å². The van der Waals surface area contributed by atoms with Gasteiger partial charge in [-0.25, -0.2) is 4.98 Å². The van der Waals surface area contributed by atoms with E-state index in [1.807, 2.05) is 13.2 Å². The molecule has 0 aliphatic heterocycles. The molecule has 1 heterocycles. The van der Waals surface area contributed by atoms with Crippen LogP contribution in [0.4, 0.5) is 5.95 Å². The molecule has 1 aromatic rings. The quantitative estimate of drug-likeness (QED) is 0.616. The van der Waals surface area contributed by atoms with Crippen LogP contribution >= 0.6 is 23.4 Å². The van der Waals surface area contributed by atoms with Crippen LogP contribution in [0.25, 0.3) is 0 Å². The Morgan fingerprint density at radius 3 is 2.69 bits per heavy atom. The number of nitrogens with two attached hydrogens (primary N) is 1. The van der Waals surface area contributed by atoms with E-state index in [0.29, 0.717) is 16.9 Å². The lowest BCUT2D eigenvalue weighted by molar-refractivity contribution is 0.734. The van der Waals surface area contributed by atoms with Crippen LogP contribution in [0.2, 0.25) is 0 Å².